The molecule has 3 rings (SSSR count). The molecular formula is C19H18ClN3O2S3. The smallest absolute Gasteiger partial charge is 0.266 e. The highest BCUT2D eigenvalue weighted by atomic mass is 35.5. The van der Waals surface area contributed by atoms with Gasteiger partial charge in [0, 0.05) is 29.6 Å². The summed E-state index contributed by atoms with van der Waals surface area (Å²) in [5.74, 6) is -0.0991. The lowest BCUT2D eigenvalue weighted by Crippen LogP contribution is -2.29. The number of benzene rings is 1. The molecule has 9 heteroatoms. The van der Waals surface area contributed by atoms with E-state index in [4.69, 9.17) is 23.8 Å². The number of hydrogen-bond donors (Lipinski definition) is 1. The molecule has 0 radical (unpaired) electrons. The maximum absolute atomic E-state index is 12.6. The number of anilines is 1. The normalized spacial score (nSPS) is 15.5. The van der Waals surface area contributed by atoms with Crippen LogP contribution in [0.15, 0.2) is 40.7 Å². The monoisotopic (exact) mass is 451 g/mol. The van der Waals surface area contributed by atoms with E-state index in [1.165, 1.54) is 23.1 Å². The van der Waals surface area contributed by atoms with E-state index in [0.29, 0.717) is 32.3 Å². The van der Waals surface area contributed by atoms with Crippen LogP contribution in [-0.2, 0) is 9.59 Å². The van der Waals surface area contributed by atoms with Crippen LogP contribution < -0.4 is 5.32 Å². The van der Waals surface area contributed by atoms with Gasteiger partial charge in [-0.2, -0.15) is 0 Å². The van der Waals surface area contributed by atoms with Gasteiger partial charge < -0.3 is 5.32 Å². The van der Waals surface area contributed by atoms with E-state index in [9.17, 15) is 9.59 Å². The number of thiazole rings is 1. The van der Waals surface area contributed by atoms with E-state index >= 15 is 0 Å². The minimum absolute atomic E-state index is 0.0357. The van der Waals surface area contributed by atoms with E-state index in [-0.39, 0.29) is 11.8 Å². The Bertz CT molecular complexity index is 882. The average Bonchev–Trinajstić information content (AvgIpc) is 3.26. The summed E-state index contributed by atoms with van der Waals surface area (Å²) in [4.78, 5) is 30.7. The second-order valence-corrected chi connectivity index (χ2v) is 9.09. The highest BCUT2D eigenvalue weighted by molar-refractivity contribution is 8.26. The molecule has 0 saturated carbocycles. The third-order valence-electron chi connectivity index (χ3n) is 4.01. The molecule has 28 heavy (non-hydrogen) atoms. The Labute approximate surface area is 182 Å². The van der Waals surface area contributed by atoms with Gasteiger partial charge in [0.25, 0.3) is 5.91 Å². The third-order valence-corrected chi connectivity index (χ3v) is 6.32. The Balaban J connectivity index is 1.42. The SMILES string of the molecule is O=C(CCCCCN1C(=O)/C(=C\c2ccc(Cl)cc2)SC1=S)Nc1nccs1. The standard InChI is InChI=1S/C19H18ClN3O2S3/c20-14-7-5-13(6-8-14)12-15-17(25)23(19(26)28-15)10-3-1-2-4-16(24)22-18-21-9-11-27-18/h5-9,11-12H,1-4,10H2,(H,21,22,24)/b15-12+. The van der Waals surface area contributed by atoms with Gasteiger partial charge in [0.1, 0.15) is 4.32 Å². The summed E-state index contributed by atoms with van der Waals surface area (Å²) < 4.78 is 0.576. The summed E-state index contributed by atoms with van der Waals surface area (Å²) in [7, 11) is 0. The lowest BCUT2D eigenvalue weighted by molar-refractivity contribution is -0.122. The van der Waals surface area contributed by atoms with E-state index < -0.39 is 0 Å². The minimum Gasteiger partial charge on any atom is -0.302 e. The molecule has 146 valence electrons. The van der Waals surface area contributed by atoms with Crippen LogP contribution in [0.25, 0.3) is 6.08 Å². The zero-order valence-corrected chi connectivity index (χ0v) is 18.1. The van der Waals surface area contributed by atoms with Crippen molar-refractivity contribution in [3.05, 3.63) is 51.3 Å². The van der Waals surface area contributed by atoms with Gasteiger partial charge in [0.15, 0.2) is 5.13 Å². The fraction of sp³-hybridized carbons (Fsp3) is 0.263. The maximum Gasteiger partial charge on any atom is 0.266 e. The first-order chi connectivity index (χ1) is 13.5. The Kier molecular flexibility index (Phi) is 7.61. The number of nitrogens with one attached hydrogen (secondary N) is 1. The lowest BCUT2D eigenvalue weighted by atomic mass is 10.2. The molecule has 1 aliphatic heterocycles. The maximum atomic E-state index is 12.6. The highest BCUT2D eigenvalue weighted by Gasteiger charge is 2.31. The van der Waals surface area contributed by atoms with Gasteiger partial charge in [0.2, 0.25) is 5.91 Å². The second kappa shape index (κ2) is 10.2. The minimum atomic E-state index is -0.0635. The number of halogens is 1. The van der Waals surface area contributed by atoms with Crippen molar-refractivity contribution >= 4 is 74.3 Å². The number of hydrogen-bond acceptors (Lipinski definition) is 6. The van der Waals surface area contributed by atoms with Gasteiger partial charge in [-0.3, -0.25) is 14.5 Å². The molecule has 1 aliphatic rings. The van der Waals surface area contributed by atoms with E-state index in [1.807, 2.05) is 23.6 Å². The second-order valence-electron chi connectivity index (χ2n) is 6.08. The molecule has 0 atom stereocenters. The van der Waals surface area contributed by atoms with Crippen LogP contribution in [0.4, 0.5) is 5.13 Å². The summed E-state index contributed by atoms with van der Waals surface area (Å²) in [6.07, 6.45) is 6.33. The van der Waals surface area contributed by atoms with Gasteiger partial charge in [0.05, 0.1) is 4.91 Å². The number of unbranched alkanes of at least 4 members (excludes halogenated alkanes) is 2. The number of thiocarbonyl (C=S) groups is 1. The zero-order chi connectivity index (χ0) is 19.9. The number of aromatic nitrogens is 1. The number of amides is 2. The highest BCUT2D eigenvalue weighted by Crippen LogP contribution is 2.33. The van der Waals surface area contributed by atoms with E-state index in [0.717, 1.165) is 24.8 Å². The van der Waals surface area contributed by atoms with Crippen molar-refractivity contribution in [2.75, 3.05) is 11.9 Å². The molecule has 5 nitrogen and oxygen atoms in total. The fourth-order valence-electron chi connectivity index (χ4n) is 2.60. The molecule has 0 unspecified atom stereocenters. The van der Waals surface area contributed by atoms with E-state index in [1.54, 1.807) is 23.2 Å². The van der Waals surface area contributed by atoms with Gasteiger partial charge in [-0.05, 0) is 36.6 Å². The number of nitrogens with zero attached hydrogens (tertiary/aromatic N) is 2. The summed E-state index contributed by atoms with van der Waals surface area (Å²) in [6, 6.07) is 7.31. The van der Waals surface area contributed by atoms with Crippen LogP contribution in [-0.4, -0.2) is 32.6 Å². The molecule has 1 N–H and O–H groups in total. The van der Waals surface area contributed by atoms with Crippen LogP contribution >= 0.6 is 46.9 Å². The third kappa shape index (κ3) is 5.88. The van der Waals surface area contributed by atoms with Crippen molar-refractivity contribution in [1.29, 1.82) is 0 Å². The molecule has 1 fully saturated rings. The van der Waals surface area contributed by atoms with Crippen LogP contribution in [0.1, 0.15) is 31.2 Å². The first-order valence-corrected chi connectivity index (χ1v) is 11.2. The Morgan fingerprint density at radius 3 is 2.75 bits per heavy atom. The van der Waals surface area contributed by atoms with E-state index in [2.05, 4.69) is 10.3 Å². The molecule has 2 amide bonds. The Morgan fingerprint density at radius 1 is 1.25 bits per heavy atom. The first kappa shape index (κ1) is 21.0. The molecule has 1 aromatic heterocycles. The number of thioether (sulfide) groups is 1. The number of carbonyl (C=O) groups is 2. The number of rotatable bonds is 8. The van der Waals surface area contributed by atoms with Crippen molar-refractivity contribution in [3.63, 3.8) is 0 Å². The summed E-state index contributed by atoms with van der Waals surface area (Å²) >= 11 is 14.0. The molecule has 0 bridgehead atoms. The molecule has 2 heterocycles. The topological polar surface area (TPSA) is 62.3 Å². The van der Waals surface area contributed by atoms with Crippen molar-refractivity contribution in [2.24, 2.45) is 0 Å². The Morgan fingerprint density at radius 2 is 2.04 bits per heavy atom. The van der Waals surface area contributed by atoms with Gasteiger partial charge in [-0.15, -0.1) is 11.3 Å². The van der Waals surface area contributed by atoms with Crippen LogP contribution in [0, 0.1) is 0 Å². The summed E-state index contributed by atoms with van der Waals surface area (Å²) in [5.41, 5.74) is 0.913. The molecule has 0 spiro atoms. The van der Waals surface area contributed by atoms with Gasteiger partial charge in [-0.25, -0.2) is 4.98 Å². The molecule has 1 aromatic carbocycles. The predicted molar refractivity (Wildman–Crippen MR) is 121 cm³/mol. The summed E-state index contributed by atoms with van der Waals surface area (Å²) in [6.45, 7) is 0.566. The van der Waals surface area contributed by atoms with Crippen LogP contribution in [0.5, 0.6) is 0 Å². The van der Waals surface area contributed by atoms with Crippen molar-refractivity contribution < 1.29 is 9.59 Å². The molecular weight excluding hydrogens is 434 g/mol. The average molecular weight is 452 g/mol. The lowest BCUT2D eigenvalue weighted by Gasteiger charge is -2.14. The van der Waals surface area contributed by atoms with Crippen molar-refractivity contribution in [1.82, 2.24) is 9.88 Å². The quantitative estimate of drug-likeness (QED) is 0.339. The van der Waals surface area contributed by atoms with Crippen molar-refractivity contribution in [3.8, 4) is 0 Å². The first-order valence-electron chi connectivity index (χ1n) is 8.73. The Hall–Kier alpha value is -1.74. The number of carbonyl (C=O) groups excluding carboxylic acids is 2. The van der Waals surface area contributed by atoms with Gasteiger partial charge in [-0.1, -0.05) is 54.1 Å². The predicted octanol–water partition coefficient (Wildman–Crippen LogP) is 5.20. The fourth-order valence-corrected chi connectivity index (χ4v) is 4.58. The zero-order valence-electron chi connectivity index (χ0n) is 14.9. The van der Waals surface area contributed by atoms with Crippen molar-refractivity contribution in [2.45, 2.75) is 25.7 Å². The van der Waals surface area contributed by atoms with Crippen LogP contribution in [0.2, 0.25) is 5.02 Å². The van der Waals surface area contributed by atoms with Gasteiger partial charge >= 0.3 is 0 Å². The molecule has 2 aromatic rings. The van der Waals surface area contributed by atoms with Crippen LogP contribution in [0.3, 0.4) is 0 Å². The molecule has 0 aliphatic carbocycles. The summed E-state index contributed by atoms with van der Waals surface area (Å²) in [5, 5.41) is 5.86. The largest absolute Gasteiger partial charge is 0.302 e. The molecule has 1 saturated heterocycles.